The monoisotopic (exact) mass is 422 g/mol. The van der Waals surface area contributed by atoms with E-state index < -0.39 is 0 Å². The standard InChI is InChI=1S/C20H21Cl3N4/c1-2-26-14-25-19-11-16(4-6-20(19)26)24-13-15-3-5-17(12-18(15)23)27(9-7-21)10-8-22/h3-6,11-14H,2,7-10H2,1H3. The fourth-order valence-electron chi connectivity index (χ4n) is 2.92. The lowest BCUT2D eigenvalue weighted by Crippen LogP contribution is -2.27. The zero-order valence-electron chi connectivity index (χ0n) is 15.1. The number of halogens is 3. The van der Waals surface area contributed by atoms with E-state index in [9.17, 15) is 0 Å². The van der Waals surface area contributed by atoms with Gasteiger partial charge in [-0.2, -0.15) is 0 Å². The lowest BCUT2D eigenvalue weighted by atomic mass is 10.2. The molecule has 0 N–H and O–H groups in total. The maximum absolute atomic E-state index is 6.46. The second-order valence-corrected chi connectivity index (χ2v) is 7.20. The Kier molecular flexibility index (Phi) is 7.00. The Bertz CT molecular complexity index is 930. The predicted molar refractivity (Wildman–Crippen MR) is 118 cm³/mol. The third-order valence-corrected chi connectivity index (χ3v) is 5.02. The van der Waals surface area contributed by atoms with Crippen molar-refractivity contribution in [1.82, 2.24) is 9.55 Å². The molecule has 27 heavy (non-hydrogen) atoms. The highest BCUT2D eigenvalue weighted by Crippen LogP contribution is 2.25. The predicted octanol–water partition coefficient (Wildman–Crippen LogP) is 5.74. The number of benzene rings is 2. The third kappa shape index (κ3) is 4.75. The van der Waals surface area contributed by atoms with Gasteiger partial charge >= 0.3 is 0 Å². The second kappa shape index (κ2) is 9.45. The Labute approximate surface area is 174 Å². The minimum absolute atomic E-state index is 0.536. The van der Waals surface area contributed by atoms with Crippen LogP contribution in [0.25, 0.3) is 11.0 Å². The summed E-state index contributed by atoms with van der Waals surface area (Å²) in [7, 11) is 0. The zero-order valence-corrected chi connectivity index (χ0v) is 17.3. The first-order valence-electron chi connectivity index (χ1n) is 8.81. The van der Waals surface area contributed by atoms with Crippen LogP contribution in [0.1, 0.15) is 12.5 Å². The van der Waals surface area contributed by atoms with Crippen LogP contribution in [0.15, 0.2) is 47.7 Å². The highest BCUT2D eigenvalue weighted by molar-refractivity contribution is 6.33. The maximum Gasteiger partial charge on any atom is 0.0958 e. The van der Waals surface area contributed by atoms with E-state index in [1.165, 1.54) is 0 Å². The number of hydrogen-bond acceptors (Lipinski definition) is 3. The molecule has 1 heterocycles. The van der Waals surface area contributed by atoms with E-state index in [4.69, 9.17) is 34.8 Å². The molecule has 0 bridgehead atoms. The fraction of sp³-hybridized carbons (Fsp3) is 0.300. The van der Waals surface area contributed by atoms with Crippen molar-refractivity contribution >= 4 is 63.4 Å². The van der Waals surface area contributed by atoms with Gasteiger partial charge in [0.05, 0.1) is 28.1 Å². The molecular weight excluding hydrogens is 403 g/mol. The van der Waals surface area contributed by atoms with Crippen molar-refractivity contribution in [2.75, 3.05) is 29.7 Å². The number of rotatable bonds is 8. The molecule has 4 nitrogen and oxygen atoms in total. The van der Waals surface area contributed by atoms with Crippen molar-refractivity contribution in [3.63, 3.8) is 0 Å². The molecule has 0 aliphatic carbocycles. The molecule has 0 spiro atoms. The number of nitrogens with zero attached hydrogens (tertiary/aromatic N) is 4. The highest BCUT2D eigenvalue weighted by Gasteiger charge is 2.08. The molecule has 3 rings (SSSR count). The Morgan fingerprint density at radius 2 is 1.89 bits per heavy atom. The lowest BCUT2D eigenvalue weighted by Gasteiger charge is -2.23. The quantitative estimate of drug-likeness (QED) is 0.342. The molecule has 0 saturated heterocycles. The van der Waals surface area contributed by atoms with Gasteiger partial charge in [0, 0.05) is 48.9 Å². The molecule has 0 radical (unpaired) electrons. The number of anilines is 1. The van der Waals surface area contributed by atoms with E-state index in [-0.39, 0.29) is 0 Å². The third-order valence-electron chi connectivity index (χ3n) is 4.36. The van der Waals surface area contributed by atoms with Crippen LogP contribution in [0.2, 0.25) is 5.02 Å². The van der Waals surface area contributed by atoms with Crippen molar-refractivity contribution < 1.29 is 0 Å². The molecule has 7 heteroatoms. The summed E-state index contributed by atoms with van der Waals surface area (Å²) in [5.74, 6) is 1.07. The van der Waals surface area contributed by atoms with Crippen molar-refractivity contribution in [1.29, 1.82) is 0 Å². The lowest BCUT2D eigenvalue weighted by molar-refractivity contribution is 0.787. The largest absolute Gasteiger partial charge is 0.369 e. The molecule has 0 amide bonds. The van der Waals surface area contributed by atoms with Gasteiger partial charge < -0.3 is 9.47 Å². The Balaban J connectivity index is 1.80. The summed E-state index contributed by atoms with van der Waals surface area (Å²) < 4.78 is 2.10. The average molecular weight is 424 g/mol. The van der Waals surface area contributed by atoms with Gasteiger partial charge in [-0.15, -0.1) is 23.2 Å². The molecule has 0 fully saturated rings. The average Bonchev–Trinajstić information content (AvgIpc) is 3.09. The summed E-state index contributed by atoms with van der Waals surface area (Å²) in [4.78, 5) is 11.1. The van der Waals surface area contributed by atoms with Gasteiger partial charge in [-0.25, -0.2) is 4.98 Å². The Hall–Kier alpha value is -1.75. The minimum Gasteiger partial charge on any atom is -0.369 e. The number of fused-ring (bicyclic) bond motifs is 1. The Morgan fingerprint density at radius 1 is 1.11 bits per heavy atom. The molecule has 2 aromatic carbocycles. The molecular formula is C20H21Cl3N4. The number of imidazole rings is 1. The maximum atomic E-state index is 6.46. The first kappa shape index (κ1) is 20.0. The van der Waals surface area contributed by atoms with Crippen LogP contribution in [-0.2, 0) is 6.54 Å². The molecule has 3 aromatic rings. The topological polar surface area (TPSA) is 33.4 Å². The van der Waals surface area contributed by atoms with Gasteiger partial charge in [0.25, 0.3) is 0 Å². The van der Waals surface area contributed by atoms with Crippen LogP contribution in [0.4, 0.5) is 11.4 Å². The van der Waals surface area contributed by atoms with Gasteiger partial charge in [0.1, 0.15) is 0 Å². The van der Waals surface area contributed by atoms with Crippen molar-refractivity contribution in [3.8, 4) is 0 Å². The number of aliphatic imine (C=N–C) groups is 1. The molecule has 0 aliphatic heterocycles. The minimum atomic E-state index is 0.536. The van der Waals surface area contributed by atoms with E-state index in [2.05, 4.69) is 26.4 Å². The first-order valence-corrected chi connectivity index (χ1v) is 10.3. The van der Waals surface area contributed by atoms with Crippen LogP contribution in [-0.4, -0.2) is 40.6 Å². The van der Waals surface area contributed by atoms with Crippen LogP contribution in [0.3, 0.4) is 0 Å². The van der Waals surface area contributed by atoms with Gasteiger partial charge in [0.2, 0.25) is 0 Å². The summed E-state index contributed by atoms with van der Waals surface area (Å²) in [6, 6.07) is 11.9. The van der Waals surface area contributed by atoms with Crippen LogP contribution >= 0.6 is 34.8 Å². The van der Waals surface area contributed by atoms with Crippen LogP contribution in [0, 0.1) is 0 Å². The molecule has 0 unspecified atom stereocenters. The van der Waals surface area contributed by atoms with E-state index in [0.29, 0.717) is 16.8 Å². The molecule has 0 aliphatic rings. The van der Waals surface area contributed by atoms with E-state index in [1.54, 1.807) is 6.21 Å². The number of alkyl halides is 2. The van der Waals surface area contributed by atoms with Crippen LogP contribution in [0.5, 0.6) is 0 Å². The normalized spacial score (nSPS) is 11.6. The molecule has 1 aromatic heterocycles. The first-order chi connectivity index (χ1) is 13.2. The molecule has 142 valence electrons. The fourth-order valence-corrected chi connectivity index (χ4v) is 3.55. The number of aryl methyl sites for hydroxylation is 1. The van der Waals surface area contributed by atoms with Crippen molar-refractivity contribution in [2.45, 2.75) is 13.5 Å². The van der Waals surface area contributed by atoms with E-state index >= 15 is 0 Å². The van der Waals surface area contributed by atoms with Gasteiger partial charge in [-0.3, -0.25) is 4.99 Å². The summed E-state index contributed by atoms with van der Waals surface area (Å²) >= 11 is 18.2. The summed E-state index contributed by atoms with van der Waals surface area (Å²) in [6.07, 6.45) is 3.62. The number of hydrogen-bond donors (Lipinski definition) is 0. The molecule has 0 atom stereocenters. The smallest absolute Gasteiger partial charge is 0.0958 e. The van der Waals surface area contributed by atoms with Crippen LogP contribution < -0.4 is 4.90 Å². The second-order valence-electron chi connectivity index (χ2n) is 6.03. The van der Waals surface area contributed by atoms with Gasteiger partial charge in [0.15, 0.2) is 0 Å². The zero-order chi connectivity index (χ0) is 19.2. The van der Waals surface area contributed by atoms with Crippen molar-refractivity contribution in [3.05, 3.63) is 53.3 Å². The van der Waals surface area contributed by atoms with E-state index in [1.807, 2.05) is 42.7 Å². The van der Waals surface area contributed by atoms with E-state index in [0.717, 1.165) is 47.6 Å². The summed E-state index contributed by atoms with van der Waals surface area (Å²) in [5.41, 5.74) is 4.75. The number of aromatic nitrogens is 2. The summed E-state index contributed by atoms with van der Waals surface area (Å²) in [5, 5.41) is 0.640. The Morgan fingerprint density at radius 3 is 2.56 bits per heavy atom. The van der Waals surface area contributed by atoms with Gasteiger partial charge in [-0.05, 0) is 43.3 Å². The molecule has 0 saturated carbocycles. The summed E-state index contributed by atoms with van der Waals surface area (Å²) in [6.45, 7) is 4.44. The van der Waals surface area contributed by atoms with Gasteiger partial charge in [-0.1, -0.05) is 11.6 Å². The highest BCUT2D eigenvalue weighted by atomic mass is 35.5. The van der Waals surface area contributed by atoms with Crippen molar-refractivity contribution in [2.24, 2.45) is 4.99 Å². The SMILES string of the molecule is CCn1cnc2cc(N=Cc3ccc(N(CCCl)CCCl)cc3Cl)ccc21.